The quantitative estimate of drug-likeness (QED) is 0.272. The van der Waals surface area contributed by atoms with E-state index >= 15 is 0 Å². The highest BCUT2D eigenvalue weighted by Gasteiger charge is 2.45. The number of nitrogen functional groups attached to an aromatic ring is 1. The third-order valence-corrected chi connectivity index (χ3v) is 5.80. The molecule has 11 nitrogen and oxygen atoms in total. The molecule has 11 heteroatoms. The molecule has 2 aromatic carbocycles. The summed E-state index contributed by atoms with van der Waals surface area (Å²) in [4.78, 5) is 37.9. The van der Waals surface area contributed by atoms with Gasteiger partial charge in [0.15, 0.2) is 23.5 Å². The zero-order valence-corrected chi connectivity index (χ0v) is 18.3. The number of nitrogens with two attached hydrogens (primary N) is 1. The standard InChI is InChI=1S/C24H21N5O6/c25-21-17-22(27-11-26-21)29(12-28-17)23-20(32)19(31)16(35-23)10-34-24(33)15-9-5-4-8-14(15)18(30)13-6-2-1-3-7-13/h1-9,11-12,16,19-20,23,31-32H,10H2,(H2,25,26,27)/t16-,19-,20-,23-/m1/s1. The molecular formula is C24H21N5O6. The molecule has 178 valence electrons. The fraction of sp³-hybridized carbons (Fsp3) is 0.208. The van der Waals surface area contributed by atoms with Gasteiger partial charge in [0.05, 0.1) is 11.9 Å². The maximum Gasteiger partial charge on any atom is 0.338 e. The molecule has 1 saturated heterocycles. The van der Waals surface area contributed by atoms with Crippen LogP contribution in [-0.4, -0.2) is 66.4 Å². The van der Waals surface area contributed by atoms with E-state index in [2.05, 4.69) is 15.0 Å². The molecule has 3 heterocycles. The summed E-state index contributed by atoms with van der Waals surface area (Å²) in [5.74, 6) is -0.915. The third-order valence-electron chi connectivity index (χ3n) is 5.80. The molecule has 5 rings (SSSR count). The Kier molecular flexibility index (Phi) is 5.95. The number of aliphatic hydroxyl groups is 2. The van der Waals surface area contributed by atoms with Crippen LogP contribution in [0.2, 0.25) is 0 Å². The van der Waals surface area contributed by atoms with E-state index in [1.807, 2.05) is 0 Å². The number of aromatic nitrogens is 4. The highest BCUT2D eigenvalue weighted by Crippen LogP contribution is 2.32. The molecule has 0 spiro atoms. The van der Waals surface area contributed by atoms with Gasteiger partial charge in [-0.05, 0) is 6.07 Å². The van der Waals surface area contributed by atoms with E-state index in [1.54, 1.807) is 48.5 Å². The van der Waals surface area contributed by atoms with Gasteiger partial charge in [-0.3, -0.25) is 9.36 Å². The van der Waals surface area contributed by atoms with Gasteiger partial charge in [-0.2, -0.15) is 0 Å². The summed E-state index contributed by atoms with van der Waals surface area (Å²) < 4.78 is 12.6. The van der Waals surface area contributed by atoms with Gasteiger partial charge in [-0.1, -0.05) is 48.5 Å². The van der Waals surface area contributed by atoms with E-state index in [-0.39, 0.29) is 29.3 Å². The number of fused-ring (bicyclic) bond motifs is 1. The van der Waals surface area contributed by atoms with Gasteiger partial charge in [0.25, 0.3) is 0 Å². The average molecular weight is 475 g/mol. The van der Waals surface area contributed by atoms with Crippen molar-refractivity contribution in [3.8, 4) is 0 Å². The number of benzene rings is 2. The van der Waals surface area contributed by atoms with Crippen molar-refractivity contribution in [2.24, 2.45) is 0 Å². The van der Waals surface area contributed by atoms with Crippen LogP contribution >= 0.6 is 0 Å². The number of anilines is 1. The van der Waals surface area contributed by atoms with Crippen LogP contribution < -0.4 is 5.73 Å². The van der Waals surface area contributed by atoms with E-state index < -0.39 is 30.5 Å². The average Bonchev–Trinajstić information content (AvgIpc) is 3.44. The number of carbonyl (C=O) groups is 2. The summed E-state index contributed by atoms with van der Waals surface area (Å²) in [5.41, 5.74) is 7.16. The Balaban J connectivity index is 1.31. The Morgan fingerprint density at radius 3 is 2.46 bits per heavy atom. The van der Waals surface area contributed by atoms with Crippen LogP contribution in [0.15, 0.2) is 67.3 Å². The molecule has 0 amide bonds. The Labute approximate surface area is 198 Å². The fourth-order valence-corrected chi connectivity index (χ4v) is 3.99. The van der Waals surface area contributed by atoms with Crippen LogP contribution in [0, 0.1) is 0 Å². The molecule has 0 radical (unpaired) electrons. The Morgan fingerprint density at radius 1 is 0.971 bits per heavy atom. The van der Waals surface area contributed by atoms with E-state index in [0.29, 0.717) is 16.7 Å². The Morgan fingerprint density at radius 2 is 1.69 bits per heavy atom. The van der Waals surface area contributed by atoms with Crippen molar-refractivity contribution in [1.82, 2.24) is 19.5 Å². The van der Waals surface area contributed by atoms with Crippen LogP contribution in [0.1, 0.15) is 32.5 Å². The van der Waals surface area contributed by atoms with Crippen LogP contribution in [0.5, 0.6) is 0 Å². The van der Waals surface area contributed by atoms with Gasteiger partial charge in [0.1, 0.15) is 36.8 Å². The summed E-state index contributed by atoms with van der Waals surface area (Å²) in [6.45, 7) is -0.356. The maximum absolute atomic E-state index is 12.9. The van der Waals surface area contributed by atoms with Crippen LogP contribution in [0.3, 0.4) is 0 Å². The minimum Gasteiger partial charge on any atom is -0.459 e. The normalized spacial score (nSPS) is 21.8. The first-order valence-corrected chi connectivity index (χ1v) is 10.8. The summed E-state index contributed by atoms with van der Waals surface area (Å²) in [7, 11) is 0. The van der Waals surface area contributed by atoms with Crippen molar-refractivity contribution in [1.29, 1.82) is 0 Å². The highest BCUT2D eigenvalue weighted by atomic mass is 16.6. The zero-order valence-electron chi connectivity index (χ0n) is 18.3. The molecule has 0 unspecified atom stereocenters. The van der Waals surface area contributed by atoms with E-state index in [0.717, 1.165) is 0 Å². The molecular weight excluding hydrogens is 454 g/mol. The van der Waals surface area contributed by atoms with Gasteiger partial charge in [-0.15, -0.1) is 0 Å². The number of imidazole rings is 1. The largest absolute Gasteiger partial charge is 0.459 e. The number of ketones is 1. The van der Waals surface area contributed by atoms with Crippen molar-refractivity contribution in [3.05, 3.63) is 83.9 Å². The Hall–Kier alpha value is -4.19. The molecule has 1 aliphatic heterocycles. The number of carbonyl (C=O) groups excluding carboxylic acids is 2. The van der Waals surface area contributed by atoms with Crippen LogP contribution in [0.25, 0.3) is 11.2 Å². The monoisotopic (exact) mass is 475 g/mol. The van der Waals surface area contributed by atoms with Gasteiger partial charge in [0, 0.05) is 11.1 Å². The summed E-state index contributed by atoms with van der Waals surface area (Å²) in [5, 5.41) is 21.1. The topological polar surface area (TPSA) is 163 Å². The van der Waals surface area contributed by atoms with Gasteiger partial charge < -0.3 is 25.4 Å². The van der Waals surface area contributed by atoms with Crippen LogP contribution in [0.4, 0.5) is 5.82 Å². The van der Waals surface area contributed by atoms with Crippen LogP contribution in [-0.2, 0) is 9.47 Å². The molecule has 4 N–H and O–H groups in total. The number of hydrogen-bond donors (Lipinski definition) is 3. The molecule has 0 saturated carbocycles. The number of aliphatic hydroxyl groups excluding tert-OH is 2. The number of rotatable bonds is 6. The number of ether oxygens (including phenoxy) is 2. The van der Waals surface area contributed by atoms with E-state index in [4.69, 9.17) is 15.2 Å². The maximum atomic E-state index is 12.9. The minimum atomic E-state index is -1.36. The van der Waals surface area contributed by atoms with Crippen molar-refractivity contribution >= 4 is 28.7 Å². The molecule has 0 aliphatic carbocycles. The molecule has 35 heavy (non-hydrogen) atoms. The lowest BCUT2D eigenvalue weighted by Gasteiger charge is -2.16. The predicted octanol–water partition coefficient (Wildman–Crippen LogP) is 1.12. The summed E-state index contributed by atoms with van der Waals surface area (Å²) in [6.07, 6.45) is -2.16. The van der Waals surface area contributed by atoms with Gasteiger partial charge in [0.2, 0.25) is 0 Å². The molecule has 1 aliphatic rings. The van der Waals surface area contributed by atoms with Gasteiger partial charge in [-0.25, -0.2) is 19.7 Å². The Bertz CT molecular complexity index is 1390. The summed E-state index contributed by atoms with van der Waals surface area (Å²) in [6, 6.07) is 14.9. The predicted molar refractivity (Wildman–Crippen MR) is 122 cm³/mol. The molecule has 2 aromatic heterocycles. The molecule has 4 atom stereocenters. The second-order valence-electron chi connectivity index (χ2n) is 7.97. The fourth-order valence-electron chi connectivity index (χ4n) is 3.99. The SMILES string of the molecule is Nc1ncnc2c1ncn2[C@@H]1O[C@H](COC(=O)c2ccccc2C(=O)c2ccccc2)[C@@H](O)[C@H]1O. The molecule has 1 fully saturated rings. The first-order chi connectivity index (χ1) is 17.0. The third kappa shape index (κ3) is 4.12. The highest BCUT2D eigenvalue weighted by molar-refractivity contribution is 6.14. The van der Waals surface area contributed by atoms with Crippen molar-refractivity contribution in [2.45, 2.75) is 24.5 Å². The lowest BCUT2D eigenvalue weighted by atomic mass is 9.98. The smallest absolute Gasteiger partial charge is 0.338 e. The first-order valence-electron chi connectivity index (χ1n) is 10.8. The minimum absolute atomic E-state index is 0.0821. The molecule has 0 bridgehead atoms. The van der Waals surface area contributed by atoms with E-state index in [1.165, 1.54) is 23.3 Å². The number of esters is 1. The lowest BCUT2D eigenvalue weighted by Crippen LogP contribution is -2.34. The number of nitrogens with zero attached hydrogens (tertiary/aromatic N) is 4. The number of hydrogen-bond acceptors (Lipinski definition) is 10. The van der Waals surface area contributed by atoms with Crippen molar-refractivity contribution in [3.63, 3.8) is 0 Å². The second kappa shape index (κ2) is 9.22. The zero-order chi connectivity index (χ0) is 24.5. The lowest BCUT2D eigenvalue weighted by molar-refractivity contribution is -0.0565. The van der Waals surface area contributed by atoms with Crippen molar-refractivity contribution < 1.29 is 29.3 Å². The molecule has 4 aromatic rings. The second-order valence-corrected chi connectivity index (χ2v) is 7.97. The van der Waals surface area contributed by atoms with E-state index in [9.17, 15) is 19.8 Å². The van der Waals surface area contributed by atoms with Crippen molar-refractivity contribution in [2.75, 3.05) is 12.3 Å². The summed E-state index contributed by atoms with van der Waals surface area (Å²) >= 11 is 0. The van der Waals surface area contributed by atoms with Gasteiger partial charge >= 0.3 is 5.97 Å². The first kappa shape index (κ1) is 22.6.